The fourth-order valence-corrected chi connectivity index (χ4v) is 1.32. The van der Waals surface area contributed by atoms with E-state index < -0.39 is 21.9 Å². The van der Waals surface area contributed by atoms with Gasteiger partial charge in [-0.25, -0.2) is 0 Å². The molecule has 5 N–H and O–H groups in total. The molecule has 3 unspecified atom stereocenters. The molecule has 0 aliphatic rings. The third kappa shape index (κ3) is 8.10. The van der Waals surface area contributed by atoms with E-state index in [4.69, 9.17) is 29.8 Å². The summed E-state index contributed by atoms with van der Waals surface area (Å²) in [7, 11) is -4.37. The Morgan fingerprint density at radius 2 is 1.39 bits per heavy atom. The summed E-state index contributed by atoms with van der Waals surface area (Å²) in [5, 5.41) is 26.6. The molecule has 18 heavy (non-hydrogen) atoms. The molecule has 0 aromatic rings. The minimum Gasteiger partial charge on any atom is -0.396 e. The van der Waals surface area contributed by atoms with E-state index in [0.717, 1.165) is 0 Å². The summed E-state index contributed by atoms with van der Waals surface area (Å²) in [6.45, 7) is 0.849. The maximum Gasteiger partial charge on any atom is 0.745 e. The van der Waals surface area contributed by atoms with E-state index in [1.807, 2.05) is 0 Å². The molecule has 0 amide bonds. The molecule has 0 heterocycles. The third-order valence-electron chi connectivity index (χ3n) is 2.30. The molecule has 0 rings (SSSR count). The van der Waals surface area contributed by atoms with Gasteiger partial charge in [-0.2, -0.15) is 0 Å². The second kappa shape index (κ2) is 10.8. The molecule has 108 valence electrons. The van der Waals surface area contributed by atoms with Crippen molar-refractivity contribution in [1.82, 2.24) is 0 Å². The van der Waals surface area contributed by atoms with Crippen molar-refractivity contribution in [2.75, 3.05) is 26.9 Å². The van der Waals surface area contributed by atoms with Crippen LogP contribution >= 0.6 is 16.5 Å². The lowest BCUT2D eigenvalue weighted by molar-refractivity contribution is -0.0910. The molecule has 0 radical (unpaired) electrons. The fourth-order valence-electron chi connectivity index (χ4n) is 0.845. The molecule has 0 bridgehead atoms. The molecule has 0 spiro atoms. The molecule has 3 atom stereocenters. The molecule has 0 aromatic heterocycles. The van der Waals surface area contributed by atoms with Gasteiger partial charge in [-0.05, 0) is 6.92 Å². The van der Waals surface area contributed by atoms with Crippen molar-refractivity contribution < 1.29 is 43.3 Å². The van der Waals surface area contributed by atoms with Crippen LogP contribution in [0.1, 0.15) is 6.92 Å². The molecule has 0 aromatic carbocycles. The van der Waals surface area contributed by atoms with Gasteiger partial charge in [-0.1, -0.05) is 0 Å². The normalized spacial score (nSPS) is 14.4. The van der Waals surface area contributed by atoms with Gasteiger partial charge in [0.05, 0.1) is 31.3 Å². The average molecular weight is 308 g/mol. The highest BCUT2D eigenvalue weighted by atomic mass is 31.2. The smallest absolute Gasteiger partial charge is 0.396 e. The Balaban J connectivity index is 0. The zero-order chi connectivity index (χ0) is 14.8. The first-order valence-electron chi connectivity index (χ1n) is 4.65. The Hall–Kier alpha value is -0.0800. The molecular weight excluding hydrogens is 290 g/mol. The average Bonchev–Trinajstić information content (AvgIpc) is 2.30. The van der Waals surface area contributed by atoms with E-state index in [1.54, 1.807) is 6.92 Å². The summed E-state index contributed by atoms with van der Waals surface area (Å²) < 4.78 is 27.1. The Morgan fingerprint density at radius 3 is 1.44 bits per heavy atom. The van der Waals surface area contributed by atoms with Gasteiger partial charge in [0.15, 0.2) is 4.31 Å². The quantitative estimate of drug-likeness (QED) is 0.383. The fraction of sp³-hybridized carbons (Fsp3) is 1.00. The zero-order valence-electron chi connectivity index (χ0n) is 9.96. The predicted molar refractivity (Wildman–Crippen MR) is 60.9 cm³/mol. The SMILES string of the molecule is COC(C)C(CO)(CO)CO.O=[P+](O)O[P+](=O)O. The van der Waals surface area contributed by atoms with Crippen LogP contribution in [0.5, 0.6) is 0 Å². The standard InChI is InChI=1S/C7H16O4.O5P2/c1-6(11-2)7(3-8,4-9)5-10;1-6(2)5-7(3)4/h6,8-10H,3-5H2,1-2H3;/p+2. The maximum atomic E-state index is 9.39. The molecule has 0 aliphatic heterocycles. The number of methoxy groups -OCH3 is 1. The Labute approximate surface area is 106 Å². The minimum atomic E-state index is -2.92. The van der Waals surface area contributed by atoms with E-state index in [-0.39, 0.29) is 25.9 Å². The molecule has 9 nitrogen and oxygen atoms in total. The molecule has 0 saturated carbocycles. The number of hydrogen-bond acceptors (Lipinski definition) is 7. The first kappa shape index (κ1) is 20.2. The minimum absolute atomic E-state index is 0.283. The molecule has 0 aliphatic carbocycles. The lowest BCUT2D eigenvalue weighted by atomic mass is 9.85. The number of aliphatic hydroxyl groups is 3. The van der Waals surface area contributed by atoms with Gasteiger partial charge in [0.2, 0.25) is 0 Å². The molecule has 0 saturated heterocycles. The van der Waals surface area contributed by atoms with E-state index in [9.17, 15) is 9.13 Å². The monoisotopic (exact) mass is 308 g/mol. The van der Waals surface area contributed by atoms with Crippen molar-refractivity contribution in [2.24, 2.45) is 5.41 Å². The highest BCUT2D eigenvalue weighted by Crippen LogP contribution is 2.30. The van der Waals surface area contributed by atoms with Gasteiger partial charge in [-0.3, -0.25) is 0 Å². The van der Waals surface area contributed by atoms with E-state index >= 15 is 0 Å². The molecule has 0 fully saturated rings. The van der Waals surface area contributed by atoms with Crippen LogP contribution in [-0.4, -0.2) is 58.1 Å². The first-order valence-corrected chi connectivity index (χ1v) is 6.91. The van der Waals surface area contributed by atoms with E-state index in [2.05, 4.69) is 4.31 Å². The number of aliphatic hydroxyl groups excluding tert-OH is 3. The highest BCUT2D eigenvalue weighted by molar-refractivity contribution is 7.46. The Morgan fingerprint density at radius 1 is 1.06 bits per heavy atom. The van der Waals surface area contributed by atoms with E-state index in [1.165, 1.54) is 7.11 Å². The predicted octanol–water partition coefficient (Wildman–Crippen LogP) is -0.713. The van der Waals surface area contributed by atoms with Gasteiger partial charge in [-0.15, -0.1) is 9.79 Å². The van der Waals surface area contributed by atoms with Crippen LogP contribution in [0.2, 0.25) is 0 Å². The van der Waals surface area contributed by atoms with Crippen molar-refractivity contribution in [1.29, 1.82) is 0 Å². The summed E-state index contributed by atoms with van der Waals surface area (Å²) in [6.07, 6.45) is -0.359. The van der Waals surface area contributed by atoms with Gasteiger partial charge in [0, 0.05) is 16.2 Å². The summed E-state index contributed by atoms with van der Waals surface area (Å²) in [4.78, 5) is 15.3. The van der Waals surface area contributed by atoms with Crippen molar-refractivity contribution in [3.8, 4) is 0 Å². The van der Waals surface area contributed by atoms with Crippen molar-refractivity contribution >= 4 is 16.5 Å². The molecular formula is C7H18O9P2+2. The van der Waals surface area contributed by atoms with Crippen LogP contribution in [0, 0.1) is 5.41 Å². The van der Waals surface area contributed by atoms with Gasteiger partial charge in [0.25, 0.3) is 0 Å². The second-order valence-electron chi connectivity index (χ2n) is 3.27. The van der Waals surface area contributed by atoms with Crippen LogP contribution in [0.25, 0.3) is 0 Å². The first-order chi connectivity index (χ1) is 8.29. The van der Waals surface area contributed by atoms with Crippen LogP contribution < -0.4 is 0 Å². The largest absolute Gasteiger partial charge is 0.745 e. The van der Waals surface area contributed by atoms with Gasteiger partial charge >= 0.3 is 16.5 Å². The van der Waals surface area contributed by atoms with E-state index in [0.29, 0.717) is 0 Å². The van der Waals surface area contributed by atoms with Crippen LogP contribution in [0.15, 0.2) is 0 Å². The van der Waals surface area contributed by atoms with Gasteiger partial charge < -0.3 is 20.1 Å². The van der Waals surface area contributed by atoms with Crippen molar-refractivity contribution in [2.45, 2.75) is 13.0 Å². The summed E-state index contributed by atoms with van der Waals surface area (Å²) in [5.41, 5.74) is -0.922. The third-order valence-corrected chi connectivity index (χ3v) is 3.42. The summed E-state index contributed by atoms with van der Waals surface area (Å²) >= 11 is 0. The van der Waals surface area contributed by atoms with Gasteiger partial charge in [0.1, 0.15) is 0 Å². The lowest BCUT2D eigenvalue weighted by Crippen LogP contribution is -2.44. The highest BCUT2D eigenvalue weighted by Gasteiger charge is 2.34. The van der Waals surface area contributed by atoms with Crippen molar-refractivity contribution in [3.63, 3.8) is 0 Å². The Bertz CT molecular complexity index is 235. The molecule has 11 heteroatoms. The van der Waals surface area contributed by atoms with Crippen molar-refractivity contribution in [3.05, 3.63) is 0 Å². The lowest BCUT2D eigenvalue weighted by Gasteiger charge is -2.32. The second-order valence-corrected chi connectivity index (χ2v) is 4.88. The zero-order valence-corrected chi connectivity index (χ0v) is 11.8. The number of hydrogen-bond donors (Lipinski definition) is 5. The summed E-state index contributed by atoms with van der Waals surface area (Å²) in [5.74, 6) is 0. The number of ether oxygens (including phenoxy) is 1. The van der Waals surface area contributed by atoms with Crippen LogP contribution in [-0.2, 0) is 18.2 Å². The topological polar surface area (TPSA) is 154 Å². The Kier molecular flexibility index (Phi) is 12.2. The summed E-state index contributed by atoms with van der Waals surface area (Å²) in [6, 6.07) is 0. The van der Waals surface area contributed by atoms with Crippen LogP contribution in [0.3, 0.4) is 0 Å². The number of rotatable bonds is 7. The maximum absolute atomic E-state index is 9.39. The van der Waals surface area contributed by atoms with Crippen LogP contribution in [0.4, 0.5) is 0 Å².